The van der Waals surface area contributed by atoms with Crippen molar-refractivity contribution in [3.05, 3.63) is 59.4 Å². The molecule has 0 radical (unpaired) electrons. The van der Waals surface area contributed by atoms with Crippen LogP contribution in [0.4, 0.5) is 0 Å². The number of rotatable bonds is 3. The van der Waals surface area contributed by atoms with Gasteiger partial charge in [-0.15, -0.1) is 0 Å². The molecule has 0 aliphatic carbocycles. The monoisotopic (exact) mass is 252 g/mol. The third-order valence-corrected chi connectivity index (χ3v) is 2.97. The molecule has 0 N–H and O–H groups in total. The number of carbonyl (C=O) groups excluding carboxylic acids is 1. The second-order valence-corrected chi connectivity index (χ2v) is 4.30. The SMILES string of the molecule is O=C(OCc1ccccc1)C1=NC=C2N=CC=C2C1. The lowest BCUT2D eigenvalue weighted by molar-refractivity contribution is -0.136. The van der Waals surface area contributed by atoms with E-state index in [9.17, 15) is 4.79 Å². The standard InChI is InChI=1S/C15H12N2O2/c18-15(19-10-11-4-2-1-3-5-11)13-8-12-6-7-16-14(12)9-17-13/h1-7,9H,8,10H2. The number of hydrogen-bond donors (Lipinski definition) is 0. The highest BCUT2D eigenvalue weighted by Crippen LogP contribution is 2.24. The van der Waals surface area contributed by atoms with Gasteiger partial charge in [0, 0.05) is 12.6 Å². The van der Waals surface area contributed by atoms with Crippen molar-refractivity contribution in [2.45, 2.75) is 13.0 Å². The lowest BCUT2D eigenvalue weighted by Crippen LogP contribution is -2.19. The summed E-state index contributed by atoms with van der Waals surface area (Å²) in [7, 11) is 0. The summed E-state index contributed by atoms with van der Waals surface area (Å²) < 4.78 is 5.25. The summed E-state index contributed by atoms with van der Waals surface area (Å²) in [5, 5.41) is 0. The molecule has 0 bridgehead atoms. The van der Waals surface area contributed by atoms with Gasteiger partial charge in [0.05, 0.1) is 11.9 Å². The highest BCUT2D eigenvalue weighted by molar-refractivity contribution is 6.37. The van der Waals surface area contributed by atoms with Crippen molar-refractivity contribution >= 4 is 17.9 Å². The number of ether oxygens (including phenoxy) is 1. The predicted molar refractivity (Wildman–Crippen MR) is 72.9 cm³/mol. The van der Waals surface area contributed by atoms with Crippen molar-refractivity contribution in [3.63, 3.8) is 0 Å². The number of esters is 1. The number of benzene rings is 1. The van der Waals surface area contributed by atoms with Crippen LogP contribution in [0.25, 0.3) is 0 Å². The minimum absolute atomic E-state index is 0.269. The molecule has 0 amide bonds. The van der Waals surface area contributed by atoms with Gasteiger partial charge in [0.15, 0.2) is 0 Å². The lowest BCUT2D eigenvalue weighted by atomic mass is 10.1. The van der Waals surface area contributed by atoms with Crippen molar-refractivity contribution < 1.29 is 9.53 Å². The van der Waals surface area contributed by atoms with E-state index in [1.165, 1.54) is 0 Å². The Balaban J connectivity index is 1.63. The zero-order valence-electron chi connectivity index (χ0n) is 10.2. The molecule has 2 aliphatic rings. The van der Waals surface area contributed by atoms with Crippen molar-refractivity contribution in [2.24, 2.45) is 9.98 Å². The number of fused-ring (bicyclic) bond motifs is 1. The first-order valence-electron chi connectivity index (χ1n) is 6.04. The molecule has 0 fully saturated rings. The molecule has 0 spiro atoms. The highest BCUT2D eigenvalue weighted by atomic mass is 16.5. The Labute approximate surface area is 110 Å². The van der Waals surface area contributed by atoms with Crippen LogP contribution in [-0.4, -0.2) is 17.9 Å². The maximum Gasteiger partial charge on any atom is 0.353 e. The molecule has 3 rings (SSSR count). The van der Waals surface area contributed by atoms with Gasteiger partial charge >= 0.3 is 5.97 Å². The van der Waals surface area contributed by atoms with Crippen LogP contribution in [0.5, 0.6) is 0 Å². The van der Waals surface area contributed by atoms with Gasteiger partial charge in [0.1, 0.15) is 12.3 Å². The van der Waals surface area contributed by atoms with Crippen LogP contribution in [0.1, 0.15) is 12.0 Å². The zero-order chi connectivity index (χ0) is 13.1. The fourth-order valence-corrected chi connectivity index (χ4v) is 1.94. The summed E-state index contributed by atoms with van der Waals surface area (Å²) in [6, 6.07) is 9.59. The van der Waals surface area contributed by atoms with Crippen molar-refractivity contribution in [1.82, 2.24) is 0 Å². The molecule has 1 aromatic rings. The predicted octanol–water partition coefficient (Wildman–Crippen LogP) is 2.43. The van der Waals surface area contributed by atoms with Crippen LogP contribution >= 0.6 is 0 Å². The Morgan fingerprint density at radius 1 is 1.26 bits per heavy atom. The third kappa shape index (κ3) is 2.52. The molecule has 0 saturated heterocycles. The molecule has 4 heteroatoms. The molecule has 0 aromatic heterocycles. The number of hydrogen-bond acceptors (Lipinski definition) is 4. The van der Waals surface area contributed by atoms with Gasteiger partial charge in [-0.25, -0.2) is 4.79 Å². The topological polar surface area (TPSA) is 51.0 Å². The largest absolute Gasteiger partial charge is 0.456 e. The molecular formula is C15H12N2O2. The van der Waals surface area contributed by atoms with Crippen LogP contribution < -0.4 is 0 Å². The second kappa shape index (κ2) is 5.02. The molecule has 2 aliphatic heterocycles. The van der Waals surface area contributed by atoms with Crippen LogP contribution in [0, 0.1) is 0 Å². The molecular weight excluding hydrogens is 240 g/mol. The van der Waals surface area contributed by atoms with Gasteiger partial charge in [-0.1, -0.05) is 30.3 Å². The Kier molecular flexibility index (Phi) is 3.06. The normalized spacial score (nSPS) is 16.3. The van der Waals surface area contributed by atoms with Crippen LogP contribution in [-0.2, 0) is 16.1 Å². The van der Waals surface area contributed by atoms with Gasteiger partial charge in [-0.05, 0) is 17.2 Å². The molecule has 0 saturated carbocycles. The molecule has 94 valence electrons. The molecule has 2 heterocycles. The third-order valence-electron chi connectivity index (χ3n) is 2.97. The van der Waals surface area contributed by atoms with Crippen LogP contribution in [0.2, 0.25) is 0 Å². The summed E-state index contributed by atoms with van der Waals surface area (Å²) in [5.74, 6) is -0.369. The molecule has 0 unspecified atom stereocenters. The molecule has 0 atom stereocenters. The fourth-order valence-electron chi connectivity index (χ4n) is 1.94. The summed E-state index contributed by atoms with van der Waals surface area (Å²) in [5.41, 5.74) is 3.24. The second-order valence-electron chi connectivity index (χ2n) is 4.30. The Bertz CT molecular complexity index is 625. The van der Waals surface area contributed by atoms with Crippen molar-refractivity contribution in [2.75, 3.05) is 0 Å². The fraction of sp³-hybridized carbons (Fsp3) is 0.133. The number of allylic oxidation sites excluding steroid dienone is 2. The van der Waals surface area contributed by atoms with Crippen LogP contribution in [0.3, 0.4) is 0 Å². The van der Waals surface area contributed by atoms with E-state index in [0.717, 1.165) is 16.8 Å². The van der Waals surface area contributed by atoms with Gasteiger partial charge in [-0.2, -0.15) is 0 Å². The van der Waals surface area contributed by atoms with Crippen molar-refractivity contribution in [3.8, 4) is 0 Å². The first-order valence-corrected chi connectivity index (χ1v) is 6.04. The first kappa shape index (κ1) is 11.6. The molecule has 19 heavy (non-hydrogen) atoms. The van der Waals surface area contributed by atoms with E-state index in [1.807, 2.05) is 36.4 Å². The molecule has 4 nitrogen and oxygen atoms in total. The van der Waals surface area contributed by atoms with E-state index < -0.39 is 0 Å². The van der Waals surface area contributed by atoms with Crippen LogP contribution in [0.15, 0.2) is 63.9 Å². The van der Waals surface area contributed by atoms with E-state index >= 15 is 0 Å². The smallest absolute Gasteiger partial charge is 0.353 e. The van der Waals surface area contributed by atoms with E-state index in [1.54, 1.807) is 12.4 Å². The Morgan fingerprint density at radius 2 is 2.11 bits per heavy atom. The zero-order valence-corrected chi connectivity index (χ0v) is 10.2. The maximum atomic E-state index is 11.9. The van der Waals surface area contributed by atoms with Gasteiger partial charge in [0.2, 0.25) is 0 Å². The minimum atomic E-state index is -0.369. The minimum Gasteiger partial charge on any atom is -0.456 e. The van der Waals surface area contributed by atoms with E-state index in [4.69, 9.17) is 4.74 Å². The Morgan fingerprint density at radius 3 is 2.95 bits per heavy atom. The number of carbonyl (C=O) groups is 1. The average molecular weight is 252 g/mol. The highest BCUT2D eigenvalue weighted by Gasteiger charge is 2.21. The Hall–Kier alpha value is -2.49. The lowest BCUT2D eigenvalue weighted by Gasteiger charge is -2.11. The average Bonchev–Trinajstić information content (AvgIpc) is 2.93. The van der Waals surface area contributed by atoms with Gasteiger partial charge in [-0.3, -0.25) is 9.98 Å². The van der Waals surface area contributed by atoms with Gasteiger partial charge in [0.25, 0.3) is 0 Å². The van der Waals surface area contributed by atoms with Crippen molar-refractivity contribution in [1.29, 1.82) is 0 Å². The molecule has 1 aromatic carbocycles. The van der Waals surface area contributed by atoms with E-state index in [2.05, 4.69) is 9.98 Å². The summed E-state index contributed by atoms with van der Waals surface area (Å²) in [6.45, 7) is 0.269. The number of aliphatic imine (C=N–C) groups is 2. The summed E-state index contributed by atoms with van der Waals surface area (Å²) in [6.07, 6.45) is 5.71. The van der Waals surface area contributed by atoms with Gasteiger partial charge < -0.3 is 4.74 Å². The quantitative estimate of drug-likeness (QED) is 0.776. The first-order chi connectivity index (χ1) is 9.33. The number of nitrogens with zero attached hydrogens (tertiary/aromatic N) is 2. The summed E-state index contributed by atoms with van der Waals surface area (Å²) in [4.78, 5) is 20.1. The van der Waals surface area contributed by atoms with E-state index in [-0.39, 0.29) is 12.6 Å². The summed E-state index contributed by atoms with van der Waals surface area (Å²) >= 11 is 0. The maximum absolute atomic E-state index is 11.9. The van der Waals surface area contributed by atoms with E-state index in [0.29, 0.717) is 12.1 Å².